The van der Waals surface area contributed by atoms with Crippen LogP contribution in [0.1, 0.15) is 39.0 Å². The van der Waals surface area contributed by atoms with E-state index in [4.69, 9.17) is 4.74 Å². The van der Waals surface area contributed by atoms with Gasteiger partial charge in [-0.1, -0.05) is 32.3 Å². The van der Waals surface area contributed by atoms with Gasteiger partial charge in [0.2, 0.25) is 0 Å². The second kappa shape index (κ2) is 6.46. The lowest BCUT2D eigenvalue weighted by Gasteiger charge is -1.99. The smallest absolute Gasteiger partial charge is 0.407 e. The molecule has 0 spiro atoms. The van der Waals surface area contributed by atoms with Crippen LogP contribution in [0.5, 0.6) is 0 Å². The Morgan fingerprint density at radius 3 is 3.00 bits per heavy atom. The quantitative estimate of drug-likeness (QED) is 0.525. The first-order valence-electron chi connectivity index (χ1n) is 5.44. The number of cyclic esters (lactones) is 1. The number of ether oxygens (including phenoxy) is 1. The van der Waals surface area contributed by atoms with Crippen LogP contribution in [0.3, 0.4) is 0 Å². The third-order valence-corrected chi connectivity index (χ3v) is 2.28. The Labute approximate surface area is 85.5 Å². The zero-order valence-corrected chi connectivity index (χ0v) is 8.79. The fourth-order valence-electron chi connectivity index (χ4n) is 1.45. The average molecular weight is 197 g/mol. The van der Waals surface area contributed by atoms with E-state index in [1.54, 1.807) is 0 Å². The molecule has 1 fully saturated rings. The van der Waals surface area contributed by atoms with Gasteiger partial charge in [-0.2, -0.15) is 0 Å². The second-order valence-electron chi connectivity index (χ2n) is 3.60. The topological polar surface area (TPSA) is 38.3 Å². The van der Waals surface area contributed by atoms with Gasteiger partial charge in [0.05, 0.1) is 6.54 Å². The van der Waals surface area contributed by atoms with Crippen LogP contribution < -0.4 is 5.32 Å². The second-order valence-corrected chi connectivity index (χ2v) is 3.60. The predicted molar refractivity (Wildman–Crippen MR) is 56.2 cm³/mol. The van der Waals surface area contributed by atoms with Crippen molar-refractivity contribution in [2.45, 2.75) is 45.1 Å². The molecule has 1 heterocycles. The summed E-state index contributed by atoms with van der Waals surface area (Å²) >= 11 is 0. The molecule has 1 atom stereocenters. The Kier molecular flexibility index (Phi) is 5.12. The Morgan fingerprint density at radius 1 is 1.50 bits per heavy atom. The van der Waals surface area contributed by atoms with Gasteiger partial charge in [0.15, 0.2) is 0 Å². The molecule has 14 heavy (non-hydrogen) atoms. The summed E-state index contributed by atoms with van der Waals surface area (Å²) in [6, 6.07) is 0. The maximum atomic E-state index is 10.7. The van der Waals surface area contributed by atoms with E-state index in [1.807, 2.05) is 6.08 Å². The number of unbranched alkanes of at least 4 members (excludes halogenated alkanes) is 4. The highest BCUT2D eigenvalue weighted by Gasteiger charge is 2.18. The Bertz CT molecular complexity index is 201. The van der Waals surface area contributed by atoms with Crippen LogP contribution in [0.4, 0.5) is 4.79 Å². The highest BCUT2D eigenvalue weighted by molar-refractivity contribution is 5.69. The van der Waals surface area contributed by atoms with E-state index >= 15 is 0 Å². The third-order valence-electron chi connectivity index (χ3n) is 2.28. The molecular formula is C11H19NO2. The predicted octanol–water partition coefficient (Wildman–Crippen LogP) is 2.62. The number of carbonyl (C=O) groups is 1. The van der Waals surface area contributed by atoms with Gasteiger partial charge >= 0.3 is 6.09 Å². The molecule has 1 aliphatic rings. The van der Waals surface area contributed by atoms with Gasteiger partial charge in [-0.25, -0.2) is 4.79 Å². The standard InChI is InChI=1S/C11H19NO2/c1-2-3-4-5-6-7-8-10-9-12-11(13)14-10/h7-8,10H,2-6,9H2,1H3,(H,12,13)/b8-7+/t10-/m1/s1. The first-order valence-corrected chi connectivity index (χ1v) is 5.44. The number of allylic oxidation sites excluding steroid dienone is 1. The van der Waals surface area contributed by atoms with Gasteiger partial charge in [-0.3, -0.25) is 0 Å². The molecule has 0 aromatic carbocycles. The van der Waals surface area contributed by atoms with E-state index in [1.165, 1.54) is 25.7 Å². The molecule has 0 aromatic heterocycles. The van der Waals surface area contributed by atoms with E-state index in [2.05, 4.69) is 18.3 Å². The molecule has 1 amide bonds. The summed E-state index contributed by atoms with van der Waals surface area (Å²) in [5.41, 5.74) is 0. The van der Waals surface area contributed by atoms with Crippen molar-refractivity contribution >= 4 is 6.09 Å². The van der Waals surface area contributed by atoms with Crippen LogP contribution in [0, 0.1) is 0 Å². The molecule has 3 heteroatoms. The maximum Gasteiger partial charge on any atom is 0.407 e. The molecule has 3 nitrogen and oxygen atoms in total. The van der Waals surface area contributed by atoms with Crippen LogP contribution in [0.2, 0.25) is 0 Å². The summed E-state index contributed by atoms with van der Waals surface area (Å²) in [6.45, 7) is 2.82. The molecule has 0 aromatic rings. The van der Waals surface area contributed by atoms with Crippen LogP contribution in [-0.4, -0.2) is 18.7 Å². The molecule has 80 valence electrons. The number of alkyl carbamates (subject to hydrolysis) is 1. The summed E-state index contributed by atoms with van der Waals surface area (Å²) < 4.78 is 4.95. The van der Waals surface area contributed by atoms with Crippen molar-refractivity contribution in [3.8, 4) is 0 Å². The zero-order valence-electron chi connectivity index (χ0n) is 8.79. The summed E-state index contributed by atoms with van der Waals surface area (Å²) in [6.07, 6.45) is 9.95. The normalized spacial score (nSPS) is 21.2. The van der Waals surface area contributed by atoms with Gasteiger partial charge in [0.1, 0.15) is 6.10 Å². The number of hydrogen-bond donors (Lipinski definition) is 1. The molecule has 1 saturated heterocycles. The molecule has 0 saturated carbocycles. The van der Waals surface area contributed by atoms with Crippen molar-refractivity contribution in [2.24, 2.45) is 0 Å². The molecule has 1 N–H and O–H groups in total. The van der Waals surface area contributed by atoms with E-state index in [-0.39, 0.29) is 12.2 Å². The molecule has 1 aliphatic heterocycles. The summed E-state index contributed by atoms with van der Waals surface area (Å²) in [4.78, 5) is 10.7. The minimum atomic E-state index is -0.300. The SMILES string of the molecule is CCCCCC/C=C/[C@@H]1CNC(=O)O1. The fourth-order valence-corrected chi connectivity index (χ4v) is 1.45. The average Bonchev–Trinajstić information content (AvgIpc) is 2.58. The van der Waals surface area contributed by atoms with Crippen LogP contribution in [-0.2, 0) is 4.74 Å². The molecular weight excluding hydrogens is 178 g/mol. The minimum Gasteiger partial charge on any atom is -0.440 e. The van der Waals surface area contributed by atoms with Crippen molar-refractivity contribution in [2.75, 3.05) is 6.54 Å². The van der Waals surface area contributed by atoms with Gasteiger partial charge in [-0.15, -0.1) is 0 Å². The zero-order chi connectivity index (χ0) is 10.2. The molecule has 0 bridgehead atoms. The summed E-state index contributed by atoms with van der Waals surface area (Å²) in [7, 11) is 0. The van der Waals surface area contributed by atoms with E-state index in [0.29, 0.717) is 6.54 Å². The maximum absolute atomic E-state index is 10.7. The van der Waals surface area contributed by atoms with Crippen LogP contribution >= 0.6 is 0 Å². The van der Waals surface area contributed by atoms with E-state index in [9.17, 15) is 4.79 Å². The Balaban J connectivity index is 2.00. The van der Waals surface area contributed by atoms with Gasteiger partial charge in [-0.05, 0) is 18.9 Å². The fraction of sp³-hybridized carbons (Fsp3) is 0.727. The third kappa shape index (κ3) is 4.30. The van der Waals surface area contributed by atoms with E-state index < -0.39 is 0 Å². The lowest BCUT2D eigenvalue weighted by Crippen LogP contribution is -2.13. The highest BCUT2D eigenvalue weighted by atomic mass is 16.6. The Morgan fingerprint density at radius 2 is 2.36 bits per heavy atom. The van der Waals surface area contributed by atoms with Gasteiger partial charge in [0, 0.05) is 0 Å². The molecule has 0 unspecified atom stereocenters. The monoisotopic (exact) mass is 197 g/mol. The minimum absolute atomic E-state index is 0.0475. The molecule has 1 rings (SSSR count). The number of hydrogen-bond acceptors (Lipinski definition) is 2. The first kappa shape index (κ1) is 11.1. The Hall–Kier alpha value is -0.990. The van der Waals surface area contributed by atoms with Crippen molar-refractivity contribution < 1.29 is 9.53 Å². The summed E-state index contributed by atoms with van der Waals surface area (Å²) in [5, 5.41) is 2.62. The van der Waals surface area contributed by atoms with E-state index in [0.717, 1.165) is 6.42 Å². The molecule has 0 aliphatic carbocycles. The number of rotatable bonds is 6. The number of carbonyl (C=O) groups excluding carboxylic acids is 1. The van der Waals surface area contributed by atoms with Crippen molar-refractivity contribution in [1.82, 2.24) is 5.32 Å². The molecule has 0 radical (unpaired) electrons. The van der Waals surface area contributed by atoms with Crippen LogP contribution in [0.15, 0.2) is 12.2 Å². The van der Waals surface area contributed by atoms with Gasteiger partial charge in [0.25, 0.3) is 0 Å². The van der Waals surface area contributed by atoms with Crippen molar-refractivity contribution in [1.29, 1.82) is 0 Å². The van der Waals surface area contributed by atoms with Crippen molar-refractivity contribution in [3.63, 3.8) is 0 Å². The largest absolute Gasteiger partial charge is 0.440 e. The first-order chi connectivity index (χ1) is 6.83. The lowest BCUT2D eigenvalue weighted by atomic mass is 10.1. The number of amides is 1. The highest BCUT2D eigenvalue weighted by Crippen LogP contribution is 2.05. The number of nitrogens with one attached hydrogen (secondary N) is 1. The van der Waals surface area contributed by atoms with Crippen LogP contribution in [0.25, 0.3) is 0 Å². The lowest BCUT2D eigenvalue weighted by molar-refractivity contribution is 0.158. The van der Waals surface area contributed by atoms with Gasteiger partial charge < -0.3 is 10.1 Å². The van der Waals surface area contributed by atoms with Crippen molar-refractivity contribution in [3.05, 3.63) is 12.2 Å². The summed E-state index contributed by atoms with van der Waals surface area (Å²) in [5.74, 6) is 0.